The van der Waals surface area contributed by atoms with Crippen molar-refractivity contribution in [2.45, 2.75) is 52.1 Å². The summed E-state index contributed by atoms with van der Waals surface area (Å²) >= 11 is 0. The molecule has 1 aliphatic carbocycles. The van der Waals surface area contributed by atoms with E-state index in [0.29, 0.717) is 23.5 Å². The van der Waals surface area contributed by atoms with Crippen LogP contribution in [0.15, 0.2) is 42.5 Å². The fourth-order valence-electron chi connectivity index (χ4n) is 4.26. The van der Waals surface area contributed by atoms with Gasteiger partial charge in [-0.05, 0) is 60.6 Å². The normalized spacial score (nSPS) is 27.2. The third-order valence-corrected chi connectivity index (χ3v) is 5.42. The Morgan fingerprint density at radius 2 is 1.60 bits per heavy atom. The Morgan fingerprint density at radius 3 is 2.32 bits per heavy atom. The van der Waals surface area contributed by atoms with Gasteiger partial charge in [0, 0.05) is 11.5 Å². The van der Waals surface area contributed by atoms with E-state index in [0.717, 1.165) is 29.7 Å². The first-order valence-corrected chi connectivity index (χ1v) is 9.40. The predicted octanol–water partition coefficient (Wildman–Crippen LogP) is 5.78. The molecule has 4 atom stereocenters. The highest BCUT2D eigenvalue weighted by atomic mass is 16.5. The molecule has 3 nitrogen and oxygen atoms in total. The Morgan fingerprint density at radius 1 is 0.920 bits per heavy atom. The first-order valence-electron chi connectivity index (χ1n) is 9.40. The van der Waals surface area contributed by atoms with E-state index in [-0.39, 0.29) is 11.9 Å². The van der Waals surface area contributed by atoms with Gasteiger partial charge in [-0.1, -0.05) is 39.3 Å². The van der Waals surface area contributed by atoms with Crippen LogP contribution in [-0.4, -0.2) is 10.2 Å². The van der Waals surface area contributed by atoms with Crippen LogP contribution in [0.4, 0.5) is 0 Å². The molecule has 2 aromatic rings. The molecule has 134 valence electrons. The second-order valence-corrected chi connectivity index (χ2v) is 7.04. The van der Waals surface area contributed by atoms with Crippen molar-refractivity contribution in [1.82, 2.24) is 0 Å². The van der Waals surface area contributed by atoms with Crippen molar-refractivity contribution >= 4 is 0 Å². The van der Waals surface area contributed by atoms with Crippen molar-refractivity contribution in [3.8, 4) is 17.2 Å². The molecule has 2 aliphatic rings. The fourth-order valence-corrected chi connectivity index (χ4v) is 4.26. The third kappa shape index (κ3) is 3.46. The lowest BCUT2D eigenvalue weighted by Crippen LogP contribution is -2.34. The zero-order chi connectivity index (χ0) is 18.0. The topological polar surface area (TPSA) is 49.7 Å². The van der Waals surface area contributed by atoms with Crippen molar-refractivity contribution in [2.75, 3.05) is 0 Å². The molecule has 0 aromatic heterocycles. The number of hydrogen-bond acceptors (Lipinski definition) is 3. The van der Waals surface area contributed by atoms with Crippen molar-refractivity contribution < 1.29 is 14.9 Å². The smallest absolute Gasteiger partial charge is 0.127 e. The Kier molecular flexibility index (Phi) is 5.22. The monoisotopic (exact) mass is 340 g/mol. The lowest BCUT2D eigenvalue weighted by atomic mass is 9.67. The van der Waals surface area contributed by atoms with E-state index in [1.54, 1.807) is 18.2 Å². The highest BCUT2D eigenvalue weighted by Crippen LogP contribution is 2.54. The molecule has 2 N–H and O–H groups in total. The summed E-state index contributed by atoms with van der Waals surface area (Å²) in [5.41, 5.74) is 2.27. The number of ether oxygens (including phenoxy) is 1. The number of phenolic OH excluding ortho intramolecular Hbond substituents is 2. The summed E-state index contributed by atoms with van der Waals surface area (Å²) in [6.45, 7) is 6.31. The molecule has 1 aliphatic heterocycles. The number of hydrogen-bond donors (Lipinski definition) is 2. The largest absolute Gasteiger partial charge is 0.508 e. The van der Waals surface area contributed by atoms with Crippen LogP contribution in [0.3, 0.4) is 0 Å². The highest BCUT2D eigenvalue weighted by Gasteiger charge is 2.42. The van der Waals surface area contributed by atoms with Crippen molar-refractivity contribution in [1.29, 1.82) is 0 Å². The summed E-state index contributed by atoms with van der Waals surface area (Å²) in [5, 5.41) is 19.4. The highest BCUT2D eigenvalue weighted by molar-refractivity contribution is 5.45. The van der Waals surface area contributed by atoms with E-state index in [1.165, 1.54) is 6.42 Å². The molecular weight excluding hydrogens is 312 g/mol. The molecule has 0 bridgehead atoms. The molecule has 0 amide bonds. The molecule has 2 aromatic carbocycles. The van der Waals surface area contributed by atoms with E-state index < -0.39 is 0 Å². The number of aromatic hydroxyl groups is 2. The molecule has 4 unspecified atom stereocenters. The summed E-state index contributed by atoms with van der Waals surface area (Å²) in [6.07, 6.45) is 3.50. The predicted molar refractivity (Wildman–Crippen MR) is 100 cm³/mol. The molecule has 0 saturated heterocycles. The summed E-state index contributed by atoms with van der Waals surface area (Å²) in [4.78, 5) is 0. The minimum atomic E-state index is 0.0187. The molecule has 1 saturated carbocycles. The third-order valence-electron chi connectivity index (χ3n) is 5.42. The maximum atomic E-state index is 9.87. The van der Waals surface area contributed by atoms with Gasteiger partial charge in [0.1, 0.15) is 23.4 Å². The van der Waals surface area contributed by atoms with Crippen LogP contribution >= 0.6 is 0 Å². The van der Waals surface area contributed by atoms with Gasteiger partial charge in [0.05, 0.1) is 0 Å². The maximum Gasteiger partial charge on any atom is 0.127 e. The second kappa shape index (κ2) is 7.38. The zero-order valence-electron chi connectivity index (χ0n) is 15.3. The van der Waals surface area contributed by atoms with Crippen molar-refractivity contribution in [3.05, 3.63) is 53.6 Å². The maximum absolute atomic E-state index is 9.87. The van der Waals surface area contributed by atoms with Crippen LogP contribution in [0.5, 0.6) is 17.2 Å². The minimum absolute atomic E-state index is 0.0187. The van der Waals surface area contributed by atoms with Crippen molar-refractivity contribution in [2.24, 2.45) is 11.8 Å². The lowest BCUT2D eigenvalue weighted by molar-refractivity contribution is 0.0561. The Hall–Kier alpha value is -2.16. The lowest BCUT2D eigenvalue weighted by Gasteiger charge is -2.44. The average molecular weight is 340 g/mol. The quantitative estimate of drug-likeness (QED) is 0.692. The molecular formula is C22H28O3. The number of rotatable bonds is 1. The van der Waals surface area contributed by atoms with Gasteiger partial charge in [-0.25, -0.2) is 0 Å². The molecule has 25 heavy (non-hydrogen) atoms. The van der Waals surface area contributed by atoms with Gasteiger partial charge in [0.25, 0.3) is 0 Å². The summed E-state index contributed by atoms with van der Waals surface area (Å²) in [7, 11) is 0. The van der Waals surface area contributed by atoms with Crippen LogP contribution < -0.4 is 4.74 Å². The molecule has 0 spiro atoms. The van der Waals surface area contributed by atoms with E-state index in [1.807, 2.05) is 38.1 Å². The first-order chi connectivity index (χ1) is 12.1. The summed E-state index contributed by atoms with van der Waals surface area (Å²) < 4.78 is 6.32. The van der Waals surface area contributed by atoms with Crippen LogP contribution in [0, 0.1) is 11.8 Å². The second-order valence-electron chi connectivity index (χ2n) is 7.04. The number of phenols is 2. The standard InChI is InChI=1S/C20H22O3.C2H6/c1-12-2-8-16-17(10-12)18-11-15(22)7-9-19(18)23-20(16)13-3-5-14(21)6-4-13;1-2/h3-7,9,11-12,16-17,20-22H,2,8,10H2,1H3;1-2H3. The van der Waals surface area contributed by atoms with Crippen LogP contribution in [-0.2, 0) is 0 Å². The van der Waals surface area contributed by atoms with Crippen molar-refractivity contribution in [3.63, 3.8) is 0 Å². The SMILES string of the molecule is CC.CC1CCC2C(C1)c1cc(O)ccc1OC2c1ccc(O)cc1. The van der Waals surface area contributed by atoms with Gasteiger partial charge in [-0.3, -0.25) is 0 Å². The zero-order valence-corrected chi connectivity index (χ0v) is 15.3. The van der Waals surface area contributed by atoms with Crippen LogP contribution in [0.2, 0.25) is 0 Å². The van der Waals surface area contributed by atoms with E-state index in [9.17, 15) is 10.2 Å². The molecule has 1 fully saturated rings. The van der Waals surface area contributed by atoms with Crippen LogP contribution in [0.25, 0.3) is 0 Å². The molecule has 1 heterocycles. The van der Waals surface area contributed by atoms with Gasteiger partial charge in [-0.15, -0.1) is 0 Å². The number of fused-ring (bicyclic) bond motifs is 3. The number of benzene rings is 2. The first kappa shape index (κ1) is 17.7. The van der Waals surface area contributed by atoms with E-state index >= 15 is 0 Å². The molecule has 0 radical (unpaired) electrons. The van der Waals surface area contributed by atoms with E-state index in [4.69, 9.17) is 4.74 Å². The van der Waals surface area contributed by atoms with E-state index in [2.05, 4.69) is 6.92 Å². The van der Waals surface area contributed by atoms with Gasteiger partial charge in [-0.2, -0.15) is 0 Å². The molecule has 3 heteroatoms. The Balaban J connectivity index is 0.000000880. The average Bonchev–Trinajstić information content (AvgIpc) is 2.63. The Labute approximate surface area is 150 Å². The fraction of sp³-hybridized carbons (Fsp3) is 0.455. The van der Waals surface area contributed by atoms with Gasteiger partial charge < -0.3 is 14.9 Å². The van der Waals surface area contributed by atoms with Crippen LogP contribution in [0.1, 0.15) is 63.2 Å². The molecule has 4 rings (SSSR count). The Bertz CT molecular complexity index is 708. The van der Waals surface area contributed by atoms with Gasteiger partial charge in [0.15, 0.2) is 0 Å². The van der Waals surface area contributed by atoms with Gasteiger partial charge >= 0.3 is 0 Å². The van der Waals surface area contributed by atoms with Gasteiger partial charge in [0.2, 0.25) is 0 Å². The summed E-state index contributed by atoms with van der Waals surface area (Å²) in [5.74, 6) is 3.02. The minimum Gasteiger partial charge on any atom is -0.508 e. The summed E-state index contributed by atoms with van der Waals surface area (Å²) in [6, 6.07) is 12.8.